The van der Waals surface area contributed by atoms with Crippen molar-refractivity contribution in [1.82, 2.24) is 15.0 Å². The van der Waals surface area contributed by atoms with Crippen LogP contribution in [0.15, 0.2) is 0 Å². The van der Waals surface area contributed by atoms with Crippen LogP contribution in [0.3, 0.4) is 0 Å². The Balaban J connectivity index is 3.19. The van der Waals surface area contributed by atoms with E-state index in [1.165, 1.54) is 4.90 Å². The highest BCUT2D eigenvalue weighted by molar-refractivity contribution is 5.84. The molecule has 0 unspecified atom stereocenters. The molecule has 0 atom stereocenters. The van der Waals surface area contributed by atoms with E-state index in [0.29, 0.717) is 11.9 Å². The first-order chi connectivity index (χ1) is 9.33. The first-order valence-corrected chi connectivity index (χ1v) is 5.76. The van der Waals surface area contributed by atoms with Gasteiger partial charge in [0.15, 0.2) is 0 Å². The van der Waals surface area contributed by atoms with E-state index in [1.54, 1.807) is 26.0 Å². The summed E-state index contributed by atoms with van der Waals surface area (Å²) in [5, 5.41) is 2.78. The lowest BCUT2D eigenvalue weighted by molar-refractivity contribution is -0.117. The zero-order valence-electron chi connectivity index (χ0n) is 11.6. The quantitative estimate of drug-likeness (QED) is 0.509. The van der Waals surface area contributed by atoms with Crippen LogP contribution >= 0.6 is 0 Å². The van der Waals surface area contributed by atoms with Gasteiger partial charge in [0.2, 0.25) is 29.7 Å². The van der Waals surface area contributed by atoms with Crippen molar-refractivity contribution in [3.05, 3.63) is 0 Å². The molecule has 0 aliphatic heterocycles. The molecule has 20 heavy (non-hydrogen) atoms. The van der Waals surface area contributed by atoms with Gasteiger partial charge < -0.3 is 26.6 Å². The summed E-state index contributed by atoms with van der Waals surface area (Å²) >= 11 is 0. The maximum absolute atomic E-state index is 11.1. The highest BCUT2D eigenvalue weighted by Crippen LogP contribution is 2.14. The van der Waals surface area contributed by atoms with Crippen LogP contribution in [0.5, 0.6) is 0 Å². The van der Waals surface area contributed by atoms with Crippen LogP contribution in [0.2, 0.25) is 0 Å². The van der Waals surface area contributed by atoms with Crippen LogP contribution < -0.4 is 26.6 Å². The SMILES string of the molecule is CNc1nc(N(C)C)nc(N(CC(N)=O)CC(N)=O)n1. The number of anilines is 3. The Morgan fingerprint density at radius 3 is 1.95 bits per heavy atom. The zero-order valence-corrected chi connectivity index (χ0v) is 11.6. The van der Waals surface area contributed by atoms with Gasteiger partial charge in [-0.25, -0.2) is 0 Å². The van der Waals surface area contributed by atoms with Gasteiger partial charge in [-0.3, -0.25) is 9.59 Å². The molecule has 0 saturated carbocycles. The monoisotopic (exact) mass is 282 g/mol. The maximum Gasteiger partial charge on any atom is 0.237 e. The molecule has 110 valence electrons. The number of nitrogens with two attached hydrogens (primary N) is 2. The molecule has 0 radical (unpaired) electrons. The van der Waals surface area contributed by atoms with Gasteiger partial charge in [0.25, 0.3) is 0 Å². The summed E-state index contributed by atoms with van der Waals surface area (Å²) in [6, 6.07) is 0. The number of nitrogens with one attached hydrogen (secondary N) is 1. The van der Waals surface area contributed by atoms with Crippen molar-refractivity contribution in [2.45, 2.75) is 0 Å². The third-order valence-corrected chi connectivity index (χ3v) is 2.21. The molecule has 0 spiro atoms. The third kappa shape index (κ3) is 4.23. The fourth-order valence-corrected chi connectivity index (χ4v) is 1.38. The van der Waals surface area contributed by atoms with Gasteiger partial charge in [0.1, 0.15) is 13.1 Å². The van der Waals surface area contributed by atoms with Crippen LogP contribution in [0, 0.1) is 0 Å². The molecule has 0 aliphatic carbocycles. The predicted octanol–water partition coefficient (Wildman–Crippen LogP) is -2.24. The number of rotatable bonds is 7. The number of hydrogen-bond donors (Lipinski definition) is 3. The van der Waals surface area contributed by atoms with Crippen molar-refractivity contribution in [2.24, 2.45) is 11.5 Å². The van der Waals surface area contributed by atoms with E-state index < -0.39 is 11.8 Å². The first kappa shape index (κ1) is 15.4. The van der Waals surface area contributed by atoms with Gasteiger partial charge in [-0.1, -0.05) is 0 Å². The Hall–Kier alpha value is -2.65. The van der Waals surface area contributed by atoms with Crippen molar-refractivity contribution < 1.29 is 9.59 Å². The molecule has 2 amide bonds. The van der Waals surface area contributed by atoms with E-state index in [9.17, 15) is 9.59 Å². The van der Waals surface area contributed by atoms with Gasteiger partial charge in [-0.05, 0) is 0 Å². The molecule has 10 nitrogen and oxygen atoms in total. The number of carbonyl (C=O) groups excluding carboxylic acids is 2. The third-order valence-electron chi connectivity index (χ3n) is 2.21. The number of hydrogen-bond acceptors (Lipinski definition) is 8. The summed E-state index contributed by atoms with van der Waals surface area (Å²) in [5.74, 6) is -0.422. The minimum Gasteiger partial charge on any atom is -0.368 e. The lowest BCUT2D eigenvalue weighted by atomic mass is 10.4. The molecular formula is C10H18N8O2. The Kier molecular flexibility index (Phi) is 5.01. The first-order valence-electron chi connectivity index (χ1n) is 5.76. The number of aromatic nitrogens is 3. The largest absolute Gasteiger partial charge is 0.368 e. The minimum absolute atomic E-state index is 0.144. The van der Waals surface area contributed by atoms with Crippen LogP contribution in [0.1, 0.15) is 0 Å². The van der Waals surface area contributed by atoms with Crippen LogP contribution in [0.4, 0.5) is 17.8 Å². The summed E-state index contributed by atoms with van der Waals surface area (Å²) in [5.41, 5.74) is 10.3. The zero-order chi connectivity index (χ0) is 15.3. The van der Waals surface area contributed by atoms with Gasteiger partial charge in [-0.15, -0.1) is 0 Å². The molecule has 0 bridgehead atoms. The predicted molar refractivity (Wildman–Crippen MR) is 74.3 cm³/mol. The molecule has 1 heterocycles. The molecular weight excluding hydrogens is 264 g/mol. The van der Waals surface area contributed by atoms with Crippen molar-refractivity contribution in [3.8, 4) is 0 Å². The Morgan fingerprint density at radius 1 is 1.05 bits per heavy atom. The Morgan fingerprint density at radius 2 is 1.55 bits per heavy atom. The van der Waals surface area contributed by atoms with Gasteiger partial charge in [0, 0.05) is 21.1 Å². The average molecular weight is 282 g/mol. The fraction of sp³-hybridized carbons (Fsp3) is 0.500. The van der Waals surface area contributed by atoms with E-state index in [0.717, 1.165) is 0 Å². The number of primary amides is 2. The van der Waals surface area contributed by atoms with Crippen molar-refractivity contribution in [3.63, 3.8) is 0 Å². The van der Waals surface area contributed by atoms with Crippen LogP contribution in [0.25, 0.3) is 0 Å². The molecule has 0 fully saturated rings. The van der Waals surface area contributed by atoms with E-state index >= 15 is 0 Å². The summed E-state index contributed by atoms with van der Waals surface area (Å²) < 4.78 is 0. The smallest absolute Gasteiger partial charge is 0.237 e. The standard InChI is InChI=1S/C10H18N8O2/c1-13-8-14-9(17(2)3)16-10(15-8)18(4-6(11)19)5-7(12)20/h4-5H2,1-3H3,(H2,11,19)(H2,12,20)(H,13,14,15,16). The molecule has 0 saturated heterocycles. The molecule has 10 heteroatoms. The second kappa shape index (κ2) is 6.50. The van der Waals surface area contributed by atoms with Gasteiger partial charge >= 0.3 is 0 Å². The molecule has 5 N–H and O–H groups in total. The molecule has 1 aromatic rings. The van der Waals surface area contributed by atoms with Crippen LogP contribution in [-0.2, 0) is 9.59 Å². The summed E-state index contributed by atoms with van der Waals surface area (Å²) in [7, 11) is 5.15. The summed E-state index contributed by atoms with van der Waals surface area (Å²) in [6.07, 6.45) is 0. The Labute approximate surface area is 116 Å². The molecule has 1 aromatic heterocycles. The number of carbonyl (C=O) groups is 2. The van der Waals surface area contributed by atoms with Crippen molar-refractivity contribution >= 4 is 29.7 Å². The fourth-order valence-electron chi connectivity index (χ4n) is 1.38. The van der Waals surface area contributed by atoms with E-state index in [2.05, 4.69) is 20.3 Å². The topological polar surface area (TPSA) is 143 Å². The van der Waals surface area contributed by atoms with E-state index in [4.69, 9.17) is 11.5 Å². The molecule has 0 aromatic carbocycles. The lowest BCUT2D eigenvalue weighted by Crippen LogP contribution is -2.41. The second-order valence-electron chi connectivity index (χ2n) is 4.19. The molecule has 0 aliphatic rings. The minimum atomic E-state index is -0.621. The summed E-state index contributed by atoms with van der Waals surface area (Å²) in [4.78, 5) is 37.5. The van der Waals surface area contributed by atoms with Gasteiger partial charge in [-0.2, -0.15) is 15.0 Å². The highest BCUT2D eigenvalue weighted by atomic mass is 16.2. The van der Waals surface area contributed by atoms with Crippen LogP contribution in [-0.4, -0.2) is 61.0 Å². The molecule has 1 rings (SSSR count). The number of nitrogens with zero attached hydrogens (tertiary/aromatic N) is 5. The highest BCUT2D eigenvalue weighted by Gasteiger charge is 2.17. The Bertz CT molecular complexity index is 488. The average Bonchev–Trinajstić information content (AvgIpc) is 2.36. The summed E-state index contributed by atoms with van der Waals surface area (Å²) in [6.45, 7) is -0.439. The lowest BCUT2D eigenvalue weighted by Gasteiger charge is -2.21. The maximum atomic E-state index is 11.1. The van der Waals surface area contributed by atoms with Crippen molar-refractivity contribution in [2.75, 3.05) is 49.3 Å². The van der Waals surface area contributed by atoms with Gasteiger partial charge in [0.05, 0.1) is 0 Å². The number of amides is 2. The normalized spacial score (nSPS) is 9.95. The van der Waals surface area contributed by atoms with E-state index in [-0.39, 0.29) is 19.0 Å². The second-order valence-corrected chi connectivity index (χ2v) is 4.19. The van der Waals surface area contributed by atoms with E-state index in [1.807, 2.05) is 0 Å². The van der Waals surface area contributed by atoms with Crippen molar-refractivity contribution in [1.29, 1.82) is 0 Å².